The molecule has 0 aromatic heterocycles. The van der Waals surface area contributed by atoms with Gasteiger partial charge in [-0.25, -0.2) is 35.1 Å². The van der Waals surface area contributed by atoms with E-state index in [1.165, 1.54) is 13.8 Å². The van der Waals surface area contributed by atoms with Crippen molar-refractivity contribution in [1.82, 2.24) is 0 Å². The first-order valence-corrected chi connectivity index (χ1v) is 7.99. The van der Waals surface area contributed by atoms with Crippen LogP contribution in [0, 0.1) is 5.41 Å². The molecule has 0 saturated carbocycles. The molecule has 0 atom stereocenters. The van der Waals surface area contributed by atoms with Crippen LogP contribution in [0.25, 0.3) is 0 Å². The zero-order chi connectivity index (χ0) is 21.0. The molecule has 156 valence electrons. The molecule has 0 aliphatic carbocycles. The Bertz CT molecular complexity index is 469. The van der Waals surface area contributed by atoms with Gasteiger partial charge in [0, 0.05) is 6.42 Å². The molecule has 0 aliphatic rings. The highest BCUT2D eigenvalue weighted by molar-refractivity contribution is 5.75. The van der Waals surface area contributed by atoms with Gasteiger partial charge in [-0.05, 0) is 27.2 Å². The standard InChI is InChI=1S/C16H24F8O2/c1-5-12(2,3)11(25)26-7-6-14(19,20)9-16(23,24)10-15(21,22)8-13(4,17)18/h5-10H2,1-4H3. The van der Waals surface area contributed by atoms with E-state index in [4.69, 9.17) is 0 Å². The molecule has 0 bridgehead atoms. The second-order valence-corrected chi connectivity index (χ2v) is 7.29. The van der Waals surface area contributed by atoms with Crippen molar-refractivity contribution >= 4 is 5.97 Å². The number of hydrogen-bond acceptors (Lipinski definition) is 2. The molecule has 0 rings (SSSR count). The van der Waals surface area contributed by atoms with E-state index >= 15 is 0 Å². The molecule has 0 spiro atoms. The molecule has 0 unspecified atom stereocenters. The monoisotopic (exact) mass is 400 g/mol. The van der Waals surface area contributed by atoms with Crippen molar-refractivity contribution in [3.63, 3.8) is 0 Å². The molecular formula is C16H24F8O2. The minimum absolute atomic E-state index is 0.125. The smallest absolute Gasteiger partial charge is 0.311 e. The maximum absolute atomic E-state index is 13.6. The molecule has 0 saturated heterocycles. The lowest BCUT2D eigenvalue weighted by molar-refractivity contribution is -0.180. The largest absolute Gasteiger partial charge is 0.465 e. The third kappa shape index (κ3) is 10.2. The van der Waals surface area contributed by atoms with Crippen LogP contribution < -0.4 is 0 Å². The van der Waals surface area contributed by atoms with E-state index in [1.54, 1.807) is 6.92 Å². The number of ether oxygens (including phenoxy) is 1. The summed E-state index contributed by atoms with van der Waals surface area (Å²) in [7, 11) is 0. The number of rotatable bonds is 11. The number of esters is 1. The SMILES string of the molecule is CCC(C)(C)C(=O)OCCC(F)(F)CC(F)(F)CC(F)(F)CC(C)(F)F. The molecule has 0 heterocycles. The topological polar surface area (TPSA) is 26.3 Å². The summed E-state index contributed by atoms with van der Waals surface area (Å²) in [4.78, 5) is 11.6. The van der Waals surface area contributed by atoms with E-state index < -0.39 is 67.4 Å². The second-order valence-electron chi connectivity index (χ2n) is 7.29. The lowest BCUT2D eigenvalue weighted by Gasteiger charge is -2.28. The fourth-order valence-electron chi connectivity index (χ4n) is 2.06. The van der Waals surface area contributed by atoms with Crippen LogP contribution in [0.1, 0.15) is 59.8 Å². The first-order valence-electron chi connectivity index (χ1n) is 7.99. The number of hydrogen-bond donors (Lipinski definition) is 0. The molecule has 0 fully saturated rings. The summed E-state index contributed by atoms with van der Waals surface area (Å²) in [6, 6.07) is 0. The summed E-state index contributed by atoms with van der Waals surface area (Å²) >= 11 is 0. The van der Waals surface area contributed by atoms with Crippen LogP contribution in [0.5, 0.6) is 0 Å². The van der Waals surface area contributed by atoms with Gasteiger partial charge in [0.1, 0.15) is 0 Å². The van der Waals surface area contributed by atoms with Crippen molar-refractivity contribution in [1.29, 1.82) is 0 Å². The average Bonchev–Trinajstić information content (AvgIpc) is 2.31. The zero-order valence-corrected chi connectivity index (χ0v) is 15.1. The van der Waals surface area contributed by atoms with Crippen LogP contribution in [0.2, 0.25) is 0 Å². The van der Waals surface area contributed by atoms with Gasteiger partial charge in [-0.15, -0.1) is 0 Å². The molecule has 26 heavy (non-hydrogen) atoms. The molecule has 0 aromatic rings. The van der Waals surface area contributed by atoms with Crippen molar-refractivity contribution in [3.05, 3.63) is 0 Å². The molecular weight excluding hydrogens is 376 g/mol. The number of carbonyl (C=O) groups excluding carboxylic acids is 1. The summed E-state index contributed by atoms with van der Waals surface area (Å²) in [6.07, 6.45) is -7.76. The predicted octanol–water partition coefficient (Wildman–Crippen LogP) is 6.09. The van der Waals surface area contributed by atoms with Crippen molar-refractivity contribution in [2.75, 3.05) is 6.61 Å². The molecule has 0 amide bonds. The predicted molar refractivity (Wildman–Crippen MR) is 79.0 cm³/mol. The Labute approximate surface area is 147 Å². The quantitative estimate of drug-likeness (QED) is 0.310. The van der Waals surface area contributed by atoms with Gasteiger partial charge < -0.3 is 4.74 Å². The van der Waals surface area contributed by atoms with Crippen molar-refractivity contribution in [2.24, 2.45) is 5.41 Å². The van der Waals surface area contributed by atoms with E-state index in [0.717, 1.165) is 0 Å². The Morgan fingerprint density at radius 2 is 1.19 bits per heavy atom. The van der Waals surface area contributed by atoms with E-state index in [1.807, 2.05) is 0 Å². The van der Waals surface area contributed by atoms with Crippen LogP contribution in [-0.4, -0.2) is 36.3 Å². The lowest BCUT2D eigenvalue weighted by Crippen LogP contribution is -2.38. The number of alkyl halides is 8. The first kappa shape index (κ1) is 24.9. The molecule has 10 heteroatoms. The Balaban J connectivity index is 4.69. The fraction of sp³-hybridized carbons (Fsp3) is 0.938. The van der Waals surface area contributed by atoms with Gasteiger partial charge in [0.15, 0.2) is 0 Å². The third-order valence-electron chi connectivity index (χ3n) is 3.74. The van der Waals surface area contributed by atoms with Gasteiger partial charge in [-0.2, -0.15) is 0 Å². The maximum Gasteiger partial charge on any atom is 0.311 e. The van der Waals surface area contributed by atoms with Crippen LogP contribution in [0.15, 0.2) is 0 Å². The molecule has 0 aromatic carbocycles. The van der Waals surface area contributed by atoms with E-state index in [9.17, 15) is 39.9 Å². The number of carbonyl (C=O) groups is 1. The van der Waals surface area contributed by atoms with E-state index in [0.29, 0.717) is 6.42 Å². The van der Waals surface area contributed by atoms with E-state index in [-0.39, 0.29) is 6.92 Å². The summed E-state index contributed by atoms with van der Waals surface area (Å²) in [6.45, 7) is 3.94. The van der Waals surface area contributed by atoms with Crippen molar-refractivity contribution in [2.45, 2.75) is 83.5 Å². The third-order valence-corrected chi connectivity index (χ3v) is 3.74. The maximum atomic E-state index is 13.6. The summed E-state index contributed by atoms with van der Waals surface area (Å²) in [5, 5.41) is 0. The minimum Gasteiger partial charge on any atom is -0.465 e. The Morgan fingerprint density at radius 1 is 0.769 bits per heavy atom. The van der Waals surface area contributed by atoms with Crippen molar-refractivity contribution in [3.8, 4) is 0 Å². The summed E-state index contributed by atoms with van der Waals surface area (Å²) < 4.78 is 110. The highest BCUT2D eigenvalue weighted by atomic mass is 19.3. The normalized spacial score (nSPS) is 14.5. The van der Waals surface area contributed by atoms with Gasteiger partial charge in [0.05, 0.1) is 31.3 Å². The Morgan fingerprint density at radius 3 is 1.62 bits per heavy atom. The minimum atomic E-state index is -4.56. The van der Waals surface area contributed by atoms with Crippen LogP contribution in [0.3, 0.4) is 0 Å². The van der Waals surface area contributed by atoms with Crippen LogP contribution in [-0.2, 0) is 9.53 Å². The fourth-order valence-corrected chi connectivity index (χ4v) is 2.06. The molecule has 2 nitrogen and oxygen atoms in total. The van der Waals surface area contributed by atoms with Gasteiger partial charge >= 0.3 is 5.97 Å². The molecule has 0 N–H and O–H groups in total. The van der Waals surface area contributed by atoms with Gasteiger partial charge in [-0.1, -0.05) is 6.92 Å². The van der Waals surface area contributed by atoms with Crippen LogP contribution in [0.4, 0.5) is 35.1 Å². The molecule has 0 aliphatic heterocycles. The Kier molecular flexibility index (Phi) is 7.94. The van der Waals surface area contributed by atoms with Crippen LogP contribution >= 0.6 is 0 Å². The van der Waals surface area contributed by atoms with Gasteiger partial charge in [0.2, 0.25) is 0 Å². The molecule has 0 radical (unpaired) electrons. The van der Waals surface area contributed by atoms with Gasteiger partial charge in [-0.3, -0.25) is 4.79 Å². The van der Waals surface area contributed by atoms with Gasteiger partial charge in [0.25, 0.3) is 23.7 Å². The zero-order valence-electron chi connectivity index (χ0n) is 15.1. The van der Waals surface area contributed by atoms with Crippen molar-refractivity contribution < 1.29 is 44.7 Å². The summed E-state index contributed by atoms with van der Waals surface area (Å²) in [5.41, 5.74) is -0.938. The lowest BCUT2D eigenvalue weighted by atomic mass is 9.91. The number of halogens is 8. The Hall–Kier alpha value is -1.09. The highest BCUT2D eigenvalue weighted by Gasteiger charge is 2.51. The highest BCUT2D eigenvalue weighted by Crippen LogP contribution is 2.43. The second kappa shape index (κ2) is 8.29. The van der Waals surface area contributed by atoms with E-state index in [2.05, 4.69) is 4.74 Å². The average molecular weight is 400 g/mol. The summed E-state index contributed by atoms with van der Waals surface area (Å²) in [5.74, 6) is -17.9. The first-order chi connectivity index (χ1) is 11.3.